The Morgan fingerprint density at radius 2 is 1.96 bits per heavy atom. The molecule has 0 spiro atoms. The molecule has 150 valence electrons. The van der Waals surface area contributed by atoms with Gasteiger partial charge in [0.2, 0.25) is 12.1 Å². The first-order chi connectivity index (χ1) is 11.7. The minimum absolute atomic E-state index is 0.00960. The monoisotopic (exact) mass is 439 g/mol. The quantitative estimate of drug-likeness (QED) is 0.355. The summed E-state index contributed by atoms with van der Waals surface area (Å²) in [6, 6.07) is 0. The topological polar surface area (TPSA) is 87.1 Å². The smallest absolute Gasteiger partial charge is 0.354 e. The van der Waals surface area contributed by atoms with Gasteiger partial charge in [0.15, 0.2) is 8.32 Å². The lowest BCUT2D eigenvalue weighted by Gasteiger charge is -2.51. The van der Waals surface area contributed by atoms with E-state index in [0.717, 1.165) is 10.7 Å². The molecular weight excluding hydrogens is 410 g/mol. The van der Waals surface area contributed by atoms with Gasteiger partial charge in [-0.1, -0.05) is 51.7 Å². The molecule has 10 heteroatoms. The van der Waals surface area contributed by atoms with Crippen LogP contribution in [0.25, 0.3) is 0 Å². The van der Waals surface area contributed by atoms with Crippen LogP contribution in [0.4, 0.5) is 0 Å². The minimum atomic E-state index is -2.10. The van der Waals surface area contributed by atoms with Gasteiger partial charge in [-0.25, -0.2) is 4.79 Å². The van der Waals surface area contributed by atoms with E-state index in [1.165, 1.54) is 23.5 Å². The van der Waals surface area contributed by atoms with Crippen LogP contribution in [-0.2, 0) is 14.0 Å². The van der Waals surface area contributed by atoms with E-state index in [1.54, 1.807) is 0 Å². The molecule has 0 aromatic carbocycles. The number of aliphatic hydroxyl groups excluding tert-OH is 1. The first-order valence-electron chi connectivity index (χ1n) is 8.49. The van der Waals surface area contributed by atoms with Crippen LogP contribution in [0.15, 0.2) is 0 Å². The van der Waals surface area contributed by atoms with Crippen molar-refractivity contribution < 1.29 is 24.2 Å². The Hall–Kier alpha value is -0.133. The van der Waals surface area contributed by atoms with Crippen LogP contribution in [0.1, 0.15) is 34.6 Å². The van der Waals surface area contributed by atoms with Crippen LogP contribution in [0.3, 0.4) is 0 Å². The van der Waals surface area contributed by atoms with Crippen LogP contribution < -0.4 is 0 Å². The van der Waals surface area contributed by atoms with Gasteiger partial charge < -0.3 is 14.6 Å². The molecule has 0 aromatic heterocycles. The van der Waals surface area contributed by atoms with Crippen molar-refractivity contribution in [1.82, 2.24) is 4.90 Å². The summed E-state index contributed by atoms with van der Waals surface area (Å²) in [5.74, 6) is -1.60. The number of β-lactam (4-membered cyclic amide) rings is 1. The Morgan fingerprint density at radius 3 is 2.38 bits per heavy atom. The van der Waals surface area contributed by atoms with Gasteiger partial charge >= 0.3 is 5.97 Å². The zero-order valence-electron chi connectivity index (χ0n) is 16.3. The molecule has 2 N–H and O–H groups in total. The molecule has 1 fully saturated rings. The van der Waals surface area contributed by atoms with Crippen molar-refractivity contribution >= 4 is 59.5 Å². The summed E-state index contributed by atoms with van der Waals surface area (Å²) in [5.41, 5.74) is 0. The first-order valence-corrected chi connectivity index (χ1v) is 13.7. The van der Waals surface area contributed by atoms with Gasteiger partial charge in [0, 0.05) is 0 Å². The SMILES string of the molecule is CCSC(=S)S[C@@H]1[C@@H](C(C)O[Si](C)(C)C(C)(C)C)C(=O)N1C(O)C(=O)O. The highest BCUT2D eigenvalue weighted by atomic mass is 32.2. The van der Waals surface area contributed by atoms with Crippen LogP contribution in [0, 0.1) is 5.92 Å². The van der Waals surface area contributed by atoms with Crippen molar-refractivity contribution in [3.05, 3.63) is 0 Å². The lowest BCUT2D eigenvalue weighted by Crippen LogP contribution is -2.68. The molecule has 0 aromatic rings. The number of carboxylic acid groups (broad SMARTS) is 1. The summed E-state index contributed by atoms with van der Waals surface area (Å²) < 4.78 is 6.96. The number of aliphatic hydroxyl groups is 1. The van der Waals surface area contributed by atoms with E-state index < -0.39 is 37.7 Å². The minimum Gasteiger partial charge on any atom is -0.478 e. The Kier molecular flexibility index (Phi) is 8.19. The number of carboxylic acids is 1. The summed E-state index contributed by atoms with van der Waals surface area (Å²) in [6.45, 7) is 14.4. The zero-order chi connectivity index (χ0) is 20.4. The molecule has 0 bridgehead atoms. The van der Waals surface area contributed by atoms with Gasteiger partial charge in [-0.3, -0.25) is 9.69 Å². The Bertz CT molecular complexity index is 567. The molecular formula is C16H29NO5S3Si. The zero-order valence-corrected chi connectivity index (χ0v) is 19.8. The number of thiocarbonyl (C=S) groups is 1. The predicted octanol–water partition coefficient (Wildman–Crippen LogP) is 3.36. The number of thioether (sulfide) groups is 2. The molecule has 26 heavy (non-hydrogen) atoms. The van der Waals surface area contributed by atoms with E-state index in [0.29, 0.717) is 3.53 Å². The summed E-state index contributed by atoms with van der Waals surface area (Å²) in [5, 5.41) is 18.4. The highest BCUT2D eigenvalue weighted by molar-refractivity contribution is 8.47. The van der Waals surface area contributed by atoms with Crippen molar-refractivity contribution in [2.75, 3.05) is 5.75 Å². The third-order valence-corrected chi connectivity index (χ3v) is 12.2. The lowest BCUT2D eigenvalue weighted by molar-refractivity contribution is -0.185. The molecule has 0 saturated carbocycles. The van der Waals surface area contributed by atoms with E-state index in [-0.39, 0.29) is 11.1 Å². The lowest BCUT2D eigenvalue weighted by atomic mass is 9.92. The molecule has 0 radical (unpaired) electrons. The fraction of sp³-hybridized carbons (Fsp3) is 0.812. The number of amides is 1. The second kappa shape index (κ2) is 8.91. The molecule has 4 atom stereocenters. The van der Waals surface area contributed by atoms with Crippen LogP contribution in [0.2, 0.25) is 18.1 Å². The van der Waals surface area contributed by atoms with Crippen molar-refractivity contribution in [3.8, 4) is 0 Å². The Labute approximate surface area is 170 Å². The Balaban J connectivity index is 3.01. The van der Waals surface area contributed by atoms with Gasteiger partial charge in [-0.15, -0.1) is 11.8 Å². The molecule has 2 unspecified atom stereocenters. The molecule has 1 aliphatic rings. The molecule has 1 aliphatic heterocycles. The summed E-state index contributed by atoms with van der Waals surface area (Å²) >= 11 is 8.02. The van der Waals surface area contributed by atoms with Crippen LogP contribution in [0.5, 0.6) is 0 Å². The van der Waals surface area contributed by atoms with Gasteiger partial charge in [0.1, 0.15) is 8.90 Å². The maximum absolute atomic E-state index is 12.6. The molecule has 0 aliphatic carbocycles. The van der Waals surface area contributed by atoms with Gasteiger partial charge in [-0.2, -0.15) is 0 Å². The molecule has 1 heterocycles. The van der Waals surface area contributed by atoms with Crippen molar-refractivity contribution in [3.63, 3.8) is 0 Å². The second-order valence-corrected chi connectivity index (χ2v) is 16.1. The van der Waals surface area contributed by atoms with Gasteiger partial charge in [0.25, 0.3) is 0 Å². The first kappa shape index (κ1) is 23.9. The number of rotatable bonds is 7. The van der Waals surface area contributed by atoms with Crippen molar-refractivity contribution in [2.45, 2.75) is 70.5 Å². The van der Waals surface area contributed by atoms with Crippen LogP contribution in [-0.4, -0.2) is 62.3 Å². The van der Waals surface area contributed by atoms with E-state index in [1.807, 2.05) is 13.8 Å². The van der Waals surface area contributed by atoms with Gasteiger partial charge in [0.05, 0.1) is 12.0 Å². The van der Waals surface area contributed by atoms with Gasteiger partial charge in [-0.05, 0) is 30.8 Å². The second-order valence-electron chi connectivity index (χ2n) is 7.76. The highest BCUT2D eigenvalue weighted by Gasteiger charge is 2.56. The summed E-state index contributed by atoms with van der Waals surface area (Å²) in [6.07, 6.45) is -2.25. The largest absolute Gasteiger partial charge is 0.478 e. The maximum Gasteiger partial charge on any atom is 0.354 e. The molecule has 1 rings (SSSR count). The number of hydrogen-bond acceptors (Lipinski definition) is 7. The maximum atomic E-state index is 12.6. The number of nitrogens with zero attached hydrogens (tertiary/aromatic N) is 1. The number of carbonyl (C=O) groups is 2. The molecule has 1 saturated heterocycles. The fourth-order valence-corrected chi connectivity index (χ4v) is 6.67. The number of hydrogen-bond donors (Lipinski definition) is 2. The number of carbonyl (C=O) groups excluding carboxylic acids is 1. The third kappa shape index (κ3) is 5.23. The highest BCUT2D eigenvalue weighted by Crippen LogP contribution is 2.44. The fourth-order valence-electron chi connectivity index (χ4n) is 2.42. The Morgan fingerprint density at radius 1 is 1.42 bits per heavy atom. The molecule has 6 nitrogen and oxygen atoms in total. The average molecular weight is 440 g/mol. The number of aliphatic carboxylic acids is 1. The van der Waals surface area contributed by atoms with E-state index in [9.17, 15) is 14.7 Å². The average Bonchev–Trinajstić information content (AvgIpc) is 2.44. The van der Waals surface area contributed by atoms with Crippen LogP contribution >= 0.6 is 35.7 Å². The third-order valence-electron chi connectivity index (χ3n) is 4.88. The summed E-state index contributed by atoms with van der Waals surface area (Å²) in [7, 11) is -2.10. The standard InChI is InChI=1S/C16H29NO5S3Si/c1-8-24-15(23)25-13-10(11(18)17(13)12(19)14(20)21)9(2)22-26(6,7)16(3,4)5/h9-10,12-13,19H,8H2,1-7H3,(H,20,21)/t9?,10-,12?,13+/m0/s1. The normalized spacial score (nSPS) is 23.4. The van der Waals surface area contributed by atoms with Crippen molar-refractivity contribution in [2.24, 2.45) is 5.92 Å². The van der Waals surface area contributed by atoms with Crippen molar-refractivity contribution in [1.29, 1.82) is 0 Å². The van der Waals surface area contributed by atoms with E-state index >= 15 is 0 Å². The molecule has 1 amide bonds. The number of likely N-dealkylation sites (tertiary alicyclic amines) is 1. The predicted molar refractivity (Wildman–Crippen MR) is 114 cm³/mol. The van der Waals surface area contributed by atoms with E-state index in [4.69, 9.17) is 21.8 Å². The summed E-state index contributed by atoms with van der Waals surface area (Å²) in [4.78, 5) is 24.8. The van der Waals surface area contributed by atoms with E-state index in [2.05, 4.69) is 33.9 Å².